The lowest BCUT2D eigenvalue weighted by Crippen LogP contribution is -2.31. The summed E-state index contributed by atoms with van der Waals surface area (Å²) in [6.45, 7) is 2.69. The molecule has 2 aromatic heterocycles. The molecule has 26 heavy (non-hydrogen) atoms. The van der Waals surface area contributed by atoms with Crippen molar-refractivity contribution in [2.24, 2.45) is 5.92 Å². The van der Waals surface area contributed by atoms with E-state index in [0.29, 0.717) is 23.8 Å². The van der Waals surface area contributed by atoms with Crippen molar-refractivity contribution in [3.8, 4) is 5.82 Å². The Labute approximate surface area is 152 Å². The van der Waals surface area contributed by atoms with E-state index < -0.39 is 0 Å². The van der Waals surface area contributed by atoms with Crippen molar-refractivity contribution in [2.75, 3.05) is 24.5 Å². The average molecular weight is 347 g/mol. The topological polar surface area (TPSA) is 63.1 Å². The van der Waals surface area contributed by atoms with Gasteiger partial charge in [-0.05, 0) is 36.6 Å². The zero-order chi connectivity index (χ0) is 17.8. The molecule has 0 aliphatic carbocycles. The van der Waals surface area contributed by atoms with Crippen LogP contribution in [0.1, 0.15) is 16.8 Å². The van der Waals surface area contributed by atoms with Crippen molar-refractivity contribution in [3.63, 3.8) is 0 Å². The molecule has 0 unspecified atom stereocenters. The number of nitrogens with one attached hydrogen (secondary N) is 1. The SMILES string of the molecule is O=C(NC[C@@H]1CCN(c2ccccc2)C1)c1ccnc(-n2ccnc2)c1. The first-order valence-electron chi connectivity index (χ1n) is 8.82. The van der Waals surface area contributed by atoms with Crippen LogP contribution in [0.15, 0.2) is 67.4 Å². The Kier molecular flexibility index (Phi) is 4.64. The molecule has 1 N–H and O–H groups in total. The predicted octanol–water partition coefficient (Wildman–Crippen LogP) is 2.52. The second-order valence-corrected chi connectivity index (χ2v) is 6.52. The smallest absolute Gasteiger partial charge is 0.251 e. The van der Waals surface area contributed by atoms with Crippen LogP contribution in [-0.4, -0.2) is 40.1 Å². The second-order valence-electron chi connectivity index (χ2n) is 6.52. The number of anilines is 1. The standard InChI is InChI=1S/C20H21N5O/c26-20(17-6-8-22-19(12-17)25-11-9-21-15-25)23-13-16-7-10-24(14-16)18-4-2-1-3-5-18/h1-6,8-9,11-12,15-16H,7,10,13-14H2,(H,23,26)/t16-/m0/s1. The summed E-state index contributed by atoms with van der Waals surface area (Å²) in [5, 5.41) is 3.07. The van der Waals surface area contributed by atoms with Crippen molar-refractivity contribution in [3.05, 3.63) is 72.9 Å². The number of amides is 1. The van der Waals surface area contributed by atoms with Gasteiger partial charge in [0.2, 0.25) is 0 Å². The maximum atomic E-state index is 12.5. The van der Waals surface area contributed by atoms with E-state index in [1.54, 1.807) is 41.6 Å². The summed E-state index contributed by atoms with van der Waals surface area (Å²) in [6.07, 6.45) is 7.90. The first-order valence-corrected chi connectivity index (χ1v) is 8.82. The fraction of sp³-hybridized carbons (Fsp3) is 0.250. The molecule has 1 saturated heterocycles. The Morgan fingerprint density at radius 1 is 1.19 bits per heavy atom. The largest absolute Gasteiger partial charge is 0.371 e. The van der Waals surface area contributed by atoms with E-state index in [9.17, 15) is 4.79 Å². The Morgan fingerprint density at radius 2 is 2.08 bits per heavy atom. The molecular formula is C20H21N5O. The van der Waals surface area contributed by atoms with Gasteiger partial charge in [0.05, 0.1) is 0 Å². The van der Waals surface area contributed by atoms with Crippen molar-refractivity contribution >= 4 is 11.6 Å². The van der Waals surface area contributed by atoms with Gasteiger partial charge >= 0.3 is 0 Å². The van der Waals surface area contributed by atoms with Crippen molar-refractivity contribution in [2.45, 2.75) is 6.42 Å². The summed E-state index contributed by atoms with van der Waals surface area (Å²) in [5.41, 5.74) is 1.86. The minimum atomic E-state index is -0.0630. The molecule has 1 aromatic carbocycles. The maximum Gasteiger partial charge on any atom is 0.251 e. The van der Waals surface area contributed by atoms with Gasteiger partial charge in [-0.15, -0.1) is 0 Å². The second kappa shape index (κ2) is 7.39. The number of rotatable bonds is 5. The Hall–Kier alpha value is -3.15. The molecule has 3 heterocycles. The lowest BCUT2D eigenvalue weighted by molar-refractivity contribution is 0.0948. The molecule has 1 atom stereocenters. The van der Waals surface area contributed by atoms with Crippen LogP contribution in [0.3, 0.4) is 0 Å². The molecular weight excluding hydrogens is 326 g/mol. The van der Waals surface area contributed by atoms with Crippen molar-refractivity contribution < 1.29 is 4.79 Å². The van der Waals surface area contributed by atoms with E-state index in [4.69, 9.17) is 0 Å². The Bertz CT molecular complexity index is 863. The lowest BCUT2D eigenvalue weighted by atomic mass is 10.1. The zero-order valence-electron chi connectivity index (χ0n) is 14.5. The maximum absolute atomic E-state index is 12.5. The summed E-state index contributed by atoms with van der Waals surface area (Å²) in [7, 11) is 0. The molecule has 4 rings (SSSR count). The van der Waals surface area contributed by atoms with Crippen molar-refractivity contribution in [1.82, 2.24) is 19.9 Å². The summed E-state index contributed by atoms with van der Waals surface area (Å²) < 4.78 is 1.78. The minimum absolute atomic E-state index is 0.0630. The van der Waals surface area contributed by atoms with Crippen molar-refractivity contribution in [1.29, 1.82) is 0 Å². The third-order valence-corrected chi connectivity index (χ3v) is 4.74. The number of nitrogens with zero attached hydrogens (tertiary/aromatic N) is 4. The number of hydrogen-bond donors (Lipinski definition) is 1. The molecule has 0 radical (unpaired) electrons. The van der Waals surface area contributed by atoms with Crippen LogP contribution in [0.25, 0.3) is 5.82 Å². The van der Waals surface area contributed by atoms with E-state index in [0.717, 1.165) is 19.5 Å². The monoisotopic (exact) mass is 347 g/mol. The van der Waals surface area contributed by atoms with Crippen LogP contribution < -0.4 is 10.2 Å². The molecule has 0 bridgehead atoms. The first-order chi connectivity index (χ1) is 12.8. The van der Waals surface area contributed by atoms with Gasteiger partial charge < -0.3 is 10.2 Å². The highest BCUT2D eigenvalue weighted by molar-refractivity contribution is 5.94. The van der Waals surface area contributed by atoms with E-state index in [-0.39, 0.29) is 5.91 Å². The number of para-hydroxylation sites is 1. The zero-order valence-corrected chi connectivity index (χ0v) is 14.5. The van der Waals surface area contributed by atoms with Gasteiger partial charge in [0.1, 0.15) is 12.1 Å². The van der Waals surface area contributed by atoms with Crippen LogP contribution in [0.5, 0.6) is 0 Å². The van der Waals surface area contributed by atoms with Gasteiger partial charge in [-0.3, -0.25) is 9.36 Å². The van der Waals surface area contributed by atoms with Crippen LogP contribution in [0, 0.1) is 5.92 Å². The molecule has 1 aliphatic heterocycles. The van der Waals surface area contributed by atoms with Crippen LogP contribution in [0.4, 0.5) is 5.69 Å². The molecule has 6 heteroatoms. The van der Waals surface area contributed by atoms with Gasteiger partial charge in [0.25, 0.3) is 5.91 Å². The summed E-state index contributed by atoms with van der Waals surface area (Å²) >= 11 is 0. The first kappa shape index (κ1) is 16.3. The van der Waals surface area contributed by atoms with Gasteiger partial charge in [-0.1, -0.05) is 18.2 Å². The van der Waals surface area contributed by atoms with Gasteiger partial charge in [0.15, 0.2) is 0 Å². The van der Waals surface area contributed by atoms with Gasteiger partial charge in [0, 0.05) is 49.5 Å². The predicted molar refractivity (Wildman–Crippen MR) is 100 cm³/mol. The molecule has 3 aromatic rings. The van der Waals surface area contributed by atoms with E-state index in [1.807, 2.05) is 6.07 Å². The summed E-state index contributed by atoms with van der Waals surface area (Å²) in [4.78, 5) is 23.2. The number of pyridine rings is 1. The van der Waals surface area contributed by atoms with E-state index in [2.05, 4.69) is 44.5 Å². The van der Waals surface area contributed by atoms with E-state index in [1.165, 1.54) is 5.69 Å². The molecule has 6 nitrogen and oxygen atoms in total. The van der Waals surface area contributed by atoms with Gasteiger partial charge in [-0.25, -0.2) is 9.97 Å². The highest BCUT2D eigenvalue weighted by atomic mass is 16.1. The third-order valence-electron chi connectivity index (χ3n) is 4.74. The molecule has 132 valence electrons. The molecule has 1 amide bonds. The van der Waals surface area contributed by atoms with Gasteiger partial charge in [-0.2, -0.15) is 0 Å². The van der Waals surface area contributed by atoms with Crippen LogP contribution in [-0.2, 0) is 0 Å². The van der Waals surface area contributed by atoms with Crippen LogP contribution >= 0.6 is 0 Å². The number of imidazole rings is 1. The molecule has 0 saturated carbocycles. The Morgan fingerprint density at radius 3 is 2.88 bits per heavy atom. The van der Waals surface area contributed by atoms with Crippen LogP contribution in [0.2, 0.25) is 0 Å². The summed E-state index contributed by atoms with van der Waals surface area (Å²) in [6, 6.07) is 13.9. The fourth-order valence-electron chi connectivity index (χ4n) is 3.31. The lowest BCUT2D eigenvalue weighted by Gasteiger charge is -2.18. The minimum Gasteiger partial charge on any atom is -0.371 e. The summed E-state index contributed by atoms with van der Waals surface area (Å²) in [5.74, 6) is 1.09. The highest BCUT2D eigenvalue weighted by Crippen LogP contribution is 2.23. The number of carbonyl (C=O) groups is 1. The third kappa shape index (κ3) is 3.59. The Balaban J connectivity index is 1.34. The molecule has 0 spiro atoms. The number of carbonyl (C=O) groups excluding carboxylic acids is 1. The molecule has 1 aliphatic rings. The average Bonchev–Trinajstić information content (AvgIpc) is 3.39. The van der Waals surface area contributed by atoms with E-state index >= 15 is 0 Å². The quantitative estimate of drug-likeness (QED) is 0.770. The number of hydrogen-bond acceptors (Lipinski definition) is 4. The number of benzene rings is 1. The number of aromatic nitrogens is 3. The highest BCUT2D eigenvalue weighted by Gasteiger charge is 2.23. The fourth-order valence-corrected chi connectivity index (χ4v) is 3.31. The molecule has 1 fully saturated rings. The normalized spacial score (nSPS) is 16.6.